The highest BCUT2D eigenvalue weighted by molar-refractivity contribution is 6.13. The van der Waals surface area contributed by atoms with Crippen LogP contribution in [0.25, 0.3) is 0 Å². The summed E-state index contributed by atoms with van der Waals surface area (Å²) in [6.45, 7) is 0. The largest absolute Gasteiger partial charge is 0.342 e. The van der Waals surface area contributed by atoms with Crippen molar-refractivity contribution in [2.45, 2.75) is 0 Å². The van der Waals surface area contributed by atoms with Crippen LogP contribution >= 0.6 is 0 Å². The Kier molecular flexibility index (Phi) is 2.33. The Morgan fingerprint density at radius 2 is 1.22 bits per heavy atom. The second-order valence-corrected chi connectivity index (χ2v) is 4.43. The zero-order chi connectivity index (χ0) is 12.7. The van der Waals surface area contributed by atoms with E-state index in [1.807, 2.05) is 62.6 Å². The van der Waals surface area contributed by atoms with Gasteiger partial charge in [0.25, 0.3) is 5.91 Å². The number of benzene rings is 2. The zero-order valence-corrected chi connectivity index (χ0v) is 10.4. The first-order valence-electron chi connectivity index (χ1n) is 5.90. The van der Waals surface area contributed by atoms with E-state index in [4.69, 9.17) is 0 Å². The van der Waals surface area contributed by atoms with Gasteiger partial charge in [-0.3, -0.25) is 4.79 Å². The maximum Gasteiger partial charge on any atom is 0.260 e. The van der Waals surface area contributed by atoms with Crippen molar-refractivity contribution in [3.8, 4) is 0 Å². The molecule has 0 fully saturated rings. The van der Waals surface area contributed by atoms with Crippen LogP contribution in [0.4, 0.5) is 17.1 Å². The number of carbonyl (C=O) groups excluding carboxylic acids is 1. The predicted octanol–water partition coefficient (Wildman–Crippen LogP) is 3.04. The molecule has 0 radical (unpaired) electrons. The van der Waals surface area contributed by atoms with Gasteiger partial charge >= 0.3 is 0 Å². The third kappa shape index (κ3) is 1.40. The smallest absolute Gasteiger partial charge is 0.260 e. The summed E-state index contributed by atoms with van der Waals surface area (Å²) < 4.78 is 0. The van der Waals surface area contributed by atoms with Crippen LogP contribution in [-0.2, 0) is 0 Å². The van der Waals surface area contributed by atoms with E-state index in [2.05, 4.69) is 4.90 Å². The van der Waals surface area contributed by atoms with E-state index in [1.54, 1.807) is 4.90 Å². The molecule has 0 N–H and O–H groups in total. The van der Waals surface area contributed by atoms with Crippen LogP contribution in [-0.4, -0.2) is 20.0 Å². The number of amides is 1. The number of anilines is 3. The van der Waals surface area contributed by atoms with Gasteiger partial charge in [-0.15, -0.1) is 0 Å². The maximum absolute atomic E-state index is 12.4. The van der Waals surface area contributed by atoms with Gasteiger partial charge in [0.2, 0.25) is 0 Å². The molecule has 1 aliphatic rings. The SMILES string of the molecule is CN1C(=O)c2ccccc2N(C)c2ccccc21. The summed E-state index contributed by atoms with van der Waals surface area (Å²) in [5.74, 6) is 0.0300. The molecule has 18 heavy (non-hydrogen) atoms. The number of fused-ring (bicyclic) bond motifs is 2. The number of para-hydroxylation sites is 3. The third-order valence-corrected chi connectivity index (χ3v) is 3.40. The van der Waals surface area contributed by atoms with Crippen molar-refractivity contribution in [1.82, 2.24) is 0 Å². The van der Waals surface area contributed by atoms with Gasteiger partial charge in [-0.05, 0) is 24.3 Å². The summed E-state index contributed by atoms with van der Waals surface area (Å²) >= 11 is 0. The van der Waals surface area contributed by atoms with Crippen LogP contribution in [0.1, 0.15) is 10.4 Å². The summed E-state index contributed by atoms with van der Waals surface area (Å²) in [4.78, 5) is 16.2. The number of carbonyl (C=O) groups is 1. The monoisotopic (exact) mass is 238 g/mol. The topological polar surface area (TPSA) is 23.6 Å². The van der Waals surface area contributed by atoms with Gasteiger partial charge in [0, 0.05) is 14.1 Å². The standard InChI is InChI=1S/C15H14N2O/c1-16-12-8-4-3-7-11(12)15(18)17(2)14-10-6-5-9-13(14)16/h3-10H,1-2H3. The van der Waals surface area contributed by atoms with Gasteiger partial charge in [0.05, 0.1) is 22.6 Å². The predicted molar refractivity (Wildman–Crippen MR) is 73.7 cm³/mol. The van der Waals surface area contributed by atoms with Crippen LogP contribution < -0.4 is 9.80 Å². The van der Waals surface area contributed by atoms with Gasteiger partial charge in [-0.1, -0.05) is 24.3 Å². The van der Waals surface area contributed by atoms with Crippen LogP contribution in [0, 0.1) is 0 Å². The van der Waals surface area contributed by atoms with Crippen molar-refractivity contribution < 1.29 is 4.79 Å². The minimum atomic E-state index is 0.0300. The second kappa shape index (κ2) is 3.88. The molecule has 1 amide bonds. The molecule has 90 valence electrons. The zero-order valence-electron chi connectivity index (χ0n) is 10.4. The number of hydrogen-bond acceptors (Lipinski definition) is 2. The Morgan fingerprint density at radius 1 is 0.722 bits per heavy atom. The average molecular weight is 238 g/mol. The van der Waals surface area contributed by atoms with E-state index in [1.165, 1.54) is 0 Å². The number of hydrogen-bond donors (Lipinski definition) is 0. The summed E-state index contributed by atoms with van der Waals surface area (Å²) in [6, 6.07) is 15.6. The van der Waals surface area contributed by atoms with Crippen molar-refractivity contribution in [2.24, 2.45) is 0 Å². The minimum absolute atomic E-state index is 0.0300. The normalized spacial score (nSPS) is 14.0. The Hall–Kier alpha value is -2.29. The first-order chi connectivity index (χ1) is 8.70. The molecule has 0 bridgehead atoms. The fourth-order valence-electron chi connectivity index (χ4n) is 2.40. The average Bonchev–Trinajstić information content (AvgIpc) is 2.51. The first kappa shape index (κ1) is 10.8. The number of nitrogens with zero attached hydrogens (tertiary/aromatic N) is 2. The summed E-state index contributed by atoms with van der Waals surface area (Å²) in [5, 5.41) is 0. The fourth-order valence-corrected chi connectivity index (χ4v) is 2.40. The molecule has 0 spiro atoms. The highest BCUT2D eigenvalue weighted by atomic mass is 16.2. The highest BCUT2D eigenvalue weighted by Crippen LogP contribution is 2.38. The van der Waals surface area contributed by atoms with Gasteiger partial charge in [-0.25, -0.2) is 0 Å². The molecular formula is C15H14N2O. The first-order valence-corrected chi connectivity index (χ1v) is 5.90. The molecule has 3 rings (SSSR count). The lowest BCUT2D eigenvalue weighted by Crippen LogP contribution is -2.25. The third-order valence-electron chi connectivity index (χ3n) is 3.40. The van der Waals surface area contributed by atoms with E-state index in [0.717, 1.165) is 22.6 Å². The second-order valence-electron chi connectivity index (χ2n) is 4.43. The van der Waals surface area contributed by atoms with Crippen molar-refractivity contribution in [2.75, 3.05) is 23.9 Å². The van der Waals surface area contributed by atoms with E-state index >= 15 is 0 Å². The summed E-state index contributed by atoms with van der Waals surface area (Å²) in [5.41, 5.74) is 3.65. The van der Waals surface area contributed by atoms with Gasteiger partial charge in [-0.2, -0.15) is 0 Å². The molecule has 1 aliphatic heterocycles. The molecule has 0 saturated heterocycles. The summed E-state index contributed by atoms with van der Waals surface area (Å²) in [6.07, 6.45) is 0. The molecule has 0 unspecified atom stereocenters. The molecule has 2 aromatic carbocycles. The lowest BCUT2D eigenvalue weighted by Gasteiger charge is -2.21. The molecule has 0 aromatic heterocycles. The molecule has 2 aromatic rings. The molecule has 0 aliphatic carbocycles. The Bertz CT molecular complexity index is 621. The van der Waals surface area contributed by atoms with Crippen LogP contribution in [0.5, 0.6) is 0 Å². The van der Waals surface area contributed by atoms with E-state index in [9.17, 15) is 4.79 Å². The van der Waals surface area contributed by atoms with Gasteiger partial charge in [0.15, 0.2) is 0 Å². The lowest BCUT2D eigenvalue weighted by molar-refractivity contribution is 0.0994. The molecule has 0 atom stereocenters. The Labute approximate surface area is 106 Å². The van der Waals surface area contributed by atoms with E-state index < -0.39 is 0 Å². The van der Waals surface area contributed by atoms with Crippen molar-refractivity contribution in [3.63, 3.8) is 0 Å². The fraction of sp³-hybridized carbons (Fsp3) is 0.133. The van der Waals surface area contributed by atoms with Crippen molar-refractivity contribution in [1.29, 1.82) is 0 Å². The van der Waals surface area contributed by atoms with E-state index in [-0.39, 0.29) is 5.91 Å². The maximum atomic E-state index is 12.4. The molecule has 0 saturated carbocycles. The molecular weight excluding hydrogens is 224 g/mol. The molecule has 1 heterocycles. The quantitative estimate of drug-likeness (QED) is 0.704. The number of rotatable bonds is 0. The van der Waals surface area contributed by atoms with Crippen molar-refractivity contribution >= 4 is 23.0 Å². The Morgan fingerprint density at radius 3 is 1.89 bits per heavy atom. The minimum Gasteiger partial charge on any atom is -0.342 e. The van der Waals surface area contributed by atoms with Crippen molar-refractivity contribution in [3.05, 3.63) is 54.1 Å². The highest BCUT2D eigenvalue weighted by Gasteiger charge is 2.26. The Balaban J connectivity index is 2.31. The van der Waals surface area contributed by atoms with Crippen LogP contribution in [0.15, 0.2) is 48.5 Å². The van der Waals surface area contributed by atoms with Gasteiger partial charge < -0.3 is 9.80 Å². The van der Waals surface area contributed by atoms with Crippen LogP contribution in [0.2, 0.25) is 0 Å². The van der Waals surface area contributed by atoms with E-state index in [0.29, 0.717) is 0 Å². The molecule has 3 nitrogen and oxygen atoms in total. The molecule has 3 heteroatoms. The summed E-state index contributed by atoms with van der Waals surface area (Å²) in [7, 11) is 3.81. The van der Waals surface area contributed by atoms with Gasteiger partial charge in [0.1, 0.15) is 0 Å². The van der Waals surface area contributed by atoms with Crippen LogP contribution in [0.3, 0.4) is 0 Å². The lowest BCUT2D eigenvalue weighted by atomic mass is 10.1.